The van der Waals surface area contributed by atoms with Crippen LogP contribution in [-0.4, -0.2) is 190 Å². The number of rotatable bonds is 17. The number of hydrogen-bond donors (Lipinski definition) is 6. The molecule has 3 aliphatic heterocycles. The Morgan fingerprint density at radius 1 is 0.652 bits per heavy atom. The number of aliphatic hydroxyl groups excluding tert-OH is 6. The van der Waals surface area contributed by atoms with Gasteiger partial charge in [-0.1, -0.05) is 0 Å². The van der Waals surface area contributed by atoms with Gasteiger partial charge in [-0.15, -0.1) is 0 Å². The summed E-state index contributed by atoms with van der Waals surface area (Å²) in [6.45, 7) is 0.671. The van der Waals surface area contributed by atoms with Crippen molar-refractivity contribution in [1.82, 2.24) is 0 Å². The van der Waals surface area contributed by atoms with E-state index >= 15 is 0 Å². The van der Waals surface area contributed by atoms with Crippen molar-refractivity contribution in [2.75, 3.05) is 61.5 Å². The first-order valence-electron chi connectivity index (χ1n) is 14.7. The van der Waals surface area contributed by atoms with E-state index in [4.69, 9.17) is 52.1 Å². The zero-order valence-electron chi connectivity index (χ0n) is 26.4. The summed E-state index contributed by atoms with van der Waals surface area (Å²) in [6, 6.07) is 0. The summed E-state index contributed by atoms with van der Waals surface area (Å²) in [5, 5.41) is 64.2. The Balaban J connectivity index is 1.89. The lowest BCUT2D eigenvalue weighted by atomic mass is 9.96. The molecule has 3 saturated heterocycles. The molecule has 0 amide bonds. The first kappa shape index (κ1) is 39.0. The predicted molar refractivity (Wildman–Crippen MR) is 150 cm³/mol. The van der Waals surface area contributed by atoms with Crippen LogP contribution >= 0.6 is 0 Å². The molecule has 3 aliphatic rings. The van der Waals surface area contributed by atoms with Crippen molar-refractivity contribution in [2.24, 2.45) is 0 Å². The van der Waals surface area contributed by atoms with Crippen LogP contribution in [0.5, 0.6) is 0 Å². The highest BCUT2D eigenvalue weighted by Crippen LogP contribution is 2.34. The van der Waals surface area contributed by atoms with Crippen LogP contribution in [-0.2, 0) is 56.9 Å². The average molecular weight is 673 g/mol. The molecule has 0 aromatic rings. The first-order valence-corrected chi connectivity index (χ1v) is 14.7. The van der Waals surface area contributed by atoms with Crippen LogP contribution in [0.3, 0.4) is 0 Å². The summed E-state index contributed by atoms with van der Waals surface area (Å²) in [5.74, 6) is -0.257. The number of ketones is 1. The second-order valence-corrected chi connectivity index (χ2v) is 11.1. The highest BCUT2D eigenvalue weighted by molar-refractivity contribution is 5.76. The number of ether oxygens (including phenoxy) is 11. The predicted octanol–water partition coefficient (Wildman–Crippen LogP) is -3.81. The summed E-state index contributed by atoms with van der Waals surface area (Å²) >= 11 is 0. The minimum absolute atomic E-state index is 0.143. The van der Waals surface area contributed by atoms with Crippen molar-refractivity contribution >= 4 is 5.78 Å². The SMILES string of the molecule is COCC=COC1[C@H](O[C@H]2C(O)C(O)[C@H](O)O[C@H]2COC)OC(COC)[C@@H](O[C@@H]2O[C@@H](COCC(C)=O)[C@@H](O)C(O)C2OC)[C@@H]1O. The van der Waals surface area contributed by atoms with Crippen LogP contribution in [0.15, 0.2) is 12.3 Å². The lowest BCUT2D eigenvalue weighted by molar-refractivity contribution is -0.379. The molecule has 46 heavy (non-hydrogen) atoms. The normalized spacial score (nSPS) is 41.9. The molecule has 6 unspecified atom stereocenters. The van der Waals surface area contributed by atoms with E-state index in [9.17, 15) is 35.4 Å². The molecule has 268 valence electrons. The smallest absolute Gasteiger partial charge is 0.198 e. The highest BCUT2D eigenvalue weighted by Gasteiger charge is 2.54. The molecule has 0 radical (unpaired) electrons. The molecule has 18 heteroatoms. The minimum Gasteiger partial charge on any atom is -0.490 e. The summed E-state index contributed by atoms with van der Waals surface area (Å²) in [4.78, 5) is 11.3. The van der Waals surface area contributed by atoms with Crippen molar-refractivity contribution in [3.8, 4) is 0 Å². The average Bonchev–Trinajstić information content (AvgIpc) is 3.01. The van der Waals surface area contributed by atoms with Crippen LogP contribution in [0.2, 0.25) is 0 Å². The van der Waals surface area contributed by atoms with Crippen LogP contribution in [0, 0.1) is 0 Å². The van der Waals surface area contributed by atoms with E-state index in [2.05, 4.69) is 0 Å². The lowest BCUT2D eigenvalue weighted by Gasteiger charge is -2.49. The standard InChI is InChI=1S/C28H48O18/c1-13(29)9-40-12-14-17(30)18(31)24(39-5)27(43-14)46-23-16(11-38-4)44-28(25(21(23)34)41-8-6-7-36-2)45-22-15(10-37-3)42-26(35)20(33)19(22)32/h6,8,14-28,30-35H,7,9-12H2,1-5H3/t14-,15-,16?,17+,18?,19?,20?,21-,22+,23+,24?,25?,26+,27-,28-/m0/s1. The first-order chi connectivity index (χ1) is 22.0. The van der Waals surface area contributed by atoms with E-state index in [1.54, 1.807) is 0 Å². The van der Waals surface area contributed by atoms with Crippen LogP contribution in [0.25, 0.3) is 0 Å². The number of aliphatic hydroxyl groups is 6. The number of carbonyl (C=O) groups excluding carboxylic acids is 1. The lowest BCUT2D eigenvalue weighted by Crippen LogP contribution is -2.67. The second-order valence-electron chi connectivity index (χ2n) is 11.1. The zero-order chi connectivity index (χ0) is 34.0. The topological polar surface area (TPSA) is 240 Å². The summed E-state index contributed by atoms with van der Waals surface area (Å²) in [7, 11) is 5.48. The number of hydrogen-bond acceptors (Lipinski definition) is 18. The second kappa shape index (κ2) is 18.9. The molecule has 0 saturated carbocycles. The fourth-order valence-corrected chi connectivity index (χ4v) is 5.32. The third kappa shape index (κ3) is 9.82. The molecule has 15 atom stereocenters. The van der Waals surface area contributed by atoms with Gasteiger partial charge < -0.3 is 82.7 Å². The maximum Gasteiger partial charge on any atom is 0.198 e. The van der Waals surface area contributed by atoms with E-state index in [-0.39, 0.29) is 38.8 Å². The molecule has 18 nitrogen and oxygen atoms in total. The maximum absolute atomic E-state index is 11.7. The van der Waals surface area contributed by atoms with Gasteiger partial charge in [0.1, 0.15) is 73.8 Å². The van der Waals surface area contributed by atoms with Crippen LogP contribution < -0.4 is 0 Å². The molecule has 3 fully saturated rings. The molecular formula is C28H48O18. The van der Waals surface area contributed by atoms with E-state index in [1.807, 2.05) is 0 Å². The van der Waals surface area contributed by atoms with Gasteiger partial charge in [0.25, 0.3) is 0 Å². The van der Waals surface area contributed by atoms with E-state index < -0.39 is 92.1 Å². The molecule has 0 bridgehead atoms. The van der Waals surface area contributed by atoms with Gasteiger partial charge in [-0.25, -0.2) is 0 Å². The number of methoxy groups -OCH3 is 4. The van der Waals surface area contributed by atoms with Gasteiger partial charge in [0.2, 0.25) is 0 Å². The van der Waals surface area contributed by atoms with Gasteiger partial charge >= 0.3 is 0 Å². The Kier molecular flexibility index (Phi) is 16.1. The molecule has 3 heterocycles. The Morgan fingerprint density at radius 3 is 1.80 bits per heavy atom. The Labute approximate surface area is 266 Å². The van der Waals surface area contributed by atoms with E-state index in [0.29, 0.717) is 0 Å². The van der Waals surface area contributed by atoms with Gasteiger partial charge in [-0.05, 0) is 13.0 Å². The summed E-state index contributed by atoms with van der Waals surface area (Å²) in [5.41, 5.74) is 0. The zero-order valence-corrected chi connectivity index (χ0v) is 26.4. The Bertz CT molecular complexity index is 925. The van der Waals surface area contributed by atoms with Gasteiger partial charge in [-0.2, -0.15) is 0 Å². The van der Waals surface area contributed by atoms with Gasteiger partial charge in [0.15, 0.2) is 30.8 Å². The quantitative estimate of drug-likeness (QED) is 0.0812. The fraction of sp³-hybridized carbons (Fsp3) is 0.893. The molecule has 0 spiro atoms. The van der Waals surface area contributed by atoms with E-state index in [1.165, 1.54) is 47.7 Å². The Hall–Kier alpha value is -1.43. The van der Waals surface area contributed by atoms with Crippen molar-refractivity contribution < 1.29 is 87.5 Å². The van der Waals surface area contributed by atoms with Crippen molar-refractivity contribution in [1.29, 1.82) is 0 Å². The fourth-order valence-electron chi connectivity index (χ4n) is 5.32. The van der Waals surface area contributed by atoms with Gasteiger partial charge in [-0.3, -0.25) is 4.79 Å². The molecule has 0 aromatic heterocycles. The Morgan fingerprint density at radius 2 is 1.22 bits per heavy atom. The van der Waals surface area contributed by atoms with Crippen molar-refractivity contribution in [3.05, 3.63) is 12.3 Å². The van der Waals surface area contributed by atoms with Gasteiger partial charge in [0, 0.05) is 28.4 Å². The number of carbonyl (C=O) groups is 1. The van der Waals surface area contributed by atoms with Crippen LogP contribution in [0.4, 0.5) is 0 Å². The maximum atomic E-state index is 11.7. The number of Topliss-reactive ketones (excluding diaryl/α,β-unsaturated/α-hetero) is 1. The third-order valence-electron chi connectivity index (χ3n) is 7.62. The van der Waals surface area contributed by atoms with Crippen molar-refractivity contribution in [3.63, 3.8) is 0 Å². The molecule has 3 rings (SSSR count). The van der Waals surface area contributed by atoms with Gasteiger partial charge in [0.05, 0.1) is 32.7 Å². The molecule has 6 N–H and O–H groups in total. The third-order valence-corrected chi connectivity index (χ3v) is 7.62. The molecule has 0 aromatic carbocycles. The molecule has 0 aliphatic carbocycles. The van der Waals surface area contributed by atoms with E-state index in [0.717, 1.165) is 0 Å². The monoisotopic (exact) mass is 672 g/mol. The largest absolute Gasteiger partial charge is 0.490 e. The van der Waals surface area contributed by atoms with Crippen molar-refractivity contribution in [2.45, 2.75) is 99.0 Å². The van der Waals surface area contributed by atoms with Crippen LogP contribution in [0.1, 0.15) is 6.92 Å². The summed E-state index contributed by atoms with van der Waals surface area (Å²) < 4.78 is 61.5. The minimum atomic E-state index is -1.73. The highest BCUT2D eigenvalue weighted by atomic mass is 16.8. The summed E-state index contributed by atoms with van der Waals surface area (Å²) in [6.07, 6.45) is -18.3. The molecular weight excluding hydrogens is 624 g/mol.